The monoisotopic (exact) mass is 470 g/mol. The Morgan fingerprint density at radius 3 is 2.26 bits per heavy atom. The zero-order valence-electron chi connectivity index (χ0n) is 21.2. The van der Waals surface area contributed by atoms with Crippen LogP contribution in [0.2, 0.25) is 0 Å². The quantitative estimate of drug-likeness (QED) is 0.598. The second kappa shape index (κ2) is 11.6. The molecule has 2 aromatic rings. The first-order valence-corrected chi connectivity index (χ1v) is 11.8. The number of nitrogens with zero attached hydrogens (tertiary/aromatic N) is 1. The highest BCUT2D eigenvalue weighted by molar-refractivity contribution is 5.80. The van der Waals surface area contributed by atoms with Crippen molar-refractivity contribution in [1.29, 1.82) is 0 Å². The van der Waals surface area contributed by atoms with Crippen LogP contribution in [0.1, 0.15) is 44.9 Å². The smallest absolute Gasteiger partial charge is 0.260 e. The van der Waals surface area contributed by atoms with Gasteiger partial charge in [-0.1, -0.05) is 39.0 Å². The second-order valence-corrected chi connectivity index (χ2v) is 9.56. The largest absolute Gasteiger partial charge is 0.493 e. The molecule has 1 heterocycles. The second-order valence-electron chi connectivity index (χ2n) is 9.56. The third-order valence-corrected chi connectivity index (χ3v) is 6.15. The van der Waals surface area contributed by atoms with E-state index in [0.717, 1.165) is 18.7 Å². The maximum Gasteiger partial charge on any atom is 0.260 e. The first kappa shape index (κ1) is 25.8. The van der Waals surface area contributed by atoms with Crippen molar-refractivity contribution in [3.63, 3.8) is 0 Å². The number of amides is 1. The van der Waals surface area contributed by atoms with Crippen LogP contribution >= 0.6 is 0 Å². The van der Waals surface area contributed by atoms with E-state index in [4.69, 9.17) is 18.9 Å². The number of rotatable bonds is 9. The minimum Gasteiger partial charge on any atom is -0.493 e. The van der Waals surface area contributed by atoms with Crippen molar-refractivity contribution in [3.05, 3.63) is 53.6 Å². The molecular formula is C27H38N2O5. The van der Waals surface area contributed by atoms with Gasteiger partial charge in [0.15, 0.2) is 17.6 Å². The fraction of sp³-hybridized carbons (Fsp3) is 0.519. The van der Waals surface area contributed by atoms with Crippen molar-refractivity contribution in [2.45, 2.75) is 45.3 Å². The van der Waals surface area contributed by atoms with Gasteiger partial charge in [-0.25, -0.2) is 0 Å². The van der Waals surface area contributed by atoms with Gasteiger partial charge in [0.25, 0.3) is 5.91 Å². The predicted molar refractivity (Wildman–Crippen MR) is 133 cm³/mol. The molecule has 2 unspecified atom stereocenters. The summed E-state index contributed by atoms with van der Waals surface area (Å²) in [6.07, 6.45) is -0.615. The normalized spacial score (nSPS) is 16.4. The zero-order chi connectivity index (χ0) is 24.7. The van der Waals surface area contributed by atoms with E-state index in [1.807, 2.05) is 42.5 Å². The molecule has 0 spiro atoms. The van der Waals surface area contributed by atoms with Gasteiger partial charge in [0, 0.05) is 19.6 Å². The van der Waals surface area contributed by atoms with Gasteiger partial charge in [-0.15, -0.1) is 0 Å². The standard InChI is InChI=1S/C27H38N2O5/c1-19(34-22-10-8-21(9-11-22)27(2,3)4)26(30)28-18-23(29-13-15-33-16-14-29)20-7-12-24(31-5)25(17-20)32-6/h7-12,17,19,23H,13-16,18H2,1-6H3,(H,28,30). The highest BCUT2D eigenvalue weighted by Crippen LogP contribution is 2.32. The lowest BCUT2D eigenvalue weighted by Gasteiger charge is -2.35. The van der Waals surface area contributed by atoms with E-state index in [1.54, 1.807) is 21.1 Å². The summed E-state index contributed by atoms with van der Waals surface area (Å²) in [5.74, 6) is 1.87. The van der Waals surface area contributed by atoms with Crippen LogP contribution in [0.15, 0.2) is 42.5 Å². The van der Waals surface area contributed by atoms with Crippen molar-refractivity contribution in [1.82, 2.24) is 10.2 Å². The Bertz CT molecular complexity index is 933. The molecule has 0 saturated carbocycles. The SMILES string of the molecule is COc1ccc(C(CNC(=O)C(C)Oc2ccc(C(C)(C)C)cc2)N2CCOCC2)cc1OC. The molecule has 2 aromatic carbocycles. The van der Waals surface area contributed by atoms with Gasteiger partial charge in [-0.2, -0.15) is 0 Å². The Morgan fingerprint density at radius 2 is 1.68 bits per heavy atom. The van der Waals surface area contributed by atoms with Gasteiger partial charge >= 0.3 is 0 Å². The molecule has 2 atom stereocenters. The lowest BCUT2D eigenvalue weighted by molar-refractivity contribution is -0.127. The topological polar surface area (TPSA) is 69.3 Å². The van der Waals surface area contributed by atoms with E-state index < -0.39 is 6.10 Å². The van der Waals surface area contributed by atoms with E-state index in [1.165, 1.54) is 5.56 Å². The molecule has 1 aliphatic heterocycles. The molecule has 7 nitrogen and oxygen atoms in total. The highest BCUT2D eigenvalue weighted by atomic mass is 16.5. The van der Waals surface area contributed by atoms with Crippen molar-refractivity contribution in [2.24, 2.45) is 0 Å². The van der Waals surface area contributed by atoms with Gasteiger partial charge < -0.3 is 24.3 Å². The Hall–Kier alpha value is -2.77. The van der Waals surface area contributed by atoms with Gasteiger partial charge in [-0.3, -0.25) is 9.69 Å². The van der Waals surface area contributed by atoms with Crippen LogP contribution in [-0.2, 0) is 14.9 Å². The zero-order valence-corrected chi connectivity index (χ0v) is 21.2. The van der Waals surface area contributed by atoms with E-state index >= 15 is 0 Å². The summed E-state index contributed by atoms with van der Waals surface area (Å²) in [5, 5.41) is 3.08. The van der Waals surface area contributed by atoms with Crippen LogP contribution < -0.4 is 19.5 Å². The lowest BCUT2D eigenvalue weighted by atomic mass is 9.87. The maximum absolute atomic E-state index is 12.9. The van der Waals surface area contributed by atoms with Crippen LogP contribution in [0.25, 0.3) is 0 Å². The van der Waals surface area contributed by atoms with Crippen LogP contribution in [-0.4, -0.2) is 64.0 Å². The molecule has 7 heteroatoms. The summed E-state index contributed by atoms with van der Waals surface area (Å²) in [6, 6.07) is 13.8. The maximum atomic E-state index is 12.9. The Kier molecular flexibility index (Phi) is 8.80. The molecule has 186 valence electrons. The molecule has 0 radical (unpaired) electrons. The van der Waals surface area contributed by atoms with E-state index in [9.17, 15) is 4.79 Å². The highest BCUT2D eigenvalue weighted by Gasteiger charge is 2.26. The number of nitrogens with one attached hydrogen (secondary N) is 1. The molecule has 1 N–H and O–H groups in total. The predicted octanol–water partition coefficient (Wildman–Crippen LogP) is 3.96. The summed E-state index contributed by atoms with van der Waals surface area (Å²) >= 11 is 0. The summed E-state index contributed by atoms with van der Waals surface area (Å²) < 4.78 is 22.3. The van der Waals surface area contributed by atoms with Gasteiger partial charge in [0.2, 0.25) is 0 Å². The Balaban J connectivity index is 1.67. The van der Waals surface area contributed by atoms with Crippen LogP contribution in [0, 0.1) is 0 Å². The Labute approximate surface area is 203 Å². The molecule has 3 rings (SSSR count). The summed E-state index contributed by atoms with van der Waals surface area (Å²) in [4.78, 5) is 15.2. The molecule has 1 amide bonds. The first-order valence-electron chi connectivity index (χ1n) is 11.8. The van der Waals surface area contributed by atoms with Gasteiger partial charge in [0.1, 0.15) is 5.75 Å². The molecule has 1 aliphatic rings. The number of methoxy groups -OCH3 is 2. The van der Waals surface area contributed by atoms with Crippen molar-refractivity contribution < 1.29 is 23.7 Å². The summed E-state index contributed by atoms with van der Waals surface area (Å²) in [5.41, 5.74) is 2.34. The Morgan fingerprint density at radius 1 is 1.03 bits per heavy atom. The molecule has 1 saturated heterocycles. The fourth-order valence-corrected chi connectivity index (χ4v) is 4.04. The first-order chi connectivity index (χ1) is 16.2. The van der Waals surface area contributed by atoms with E-state index in [2.05, 4.69) is 31.0 Å². The van der Waals surface area contributed by atoms with Crippen LogP contribution in [0.3, 0.4) is 0 Å². The molecule has 34 heavy (non-hydrogen) atoms. The third kappa shape index (κ3) is 6.64. The average Bonchev–Trinajstić information content (AvgIpc) is 2.84. The van der Waals surface area contributed by atoms with Gasteiger partial charge in [-0.05, 0) is 47.7 Å². The van der Waals surface area contributed by atoms with E-state index in [0.29, 0.717) is 37.0 Å². The van der Waals surface area contributed by atoms with Crippen molar-refractivity contribution in [3.8, 4) is 17.2 Å². The van der Waals surface area contributed by atoms with Crippen LogP contribution in [0.4, 0.5) is 0 Å². The van der Waals surface area contributed by atoms with Gasteiger partial charge in [0.05, 0.1) is 33.5 Å². The van der Waals surface area contributed by atoms with E-state index in [-0.39, 0.29) is 17.4 Å². The number of benzene rings is 2. The third-order valence-electron chi connectivity index (χ3n) is 6.15. The lowest BCUT2D eigenvalue weighted by Crippen LogP contribution is -2.45. The van der Waals surface area contributed by atoms with Crippen LogP contribution in [0.5, 0.6) is 17.2 Å². The number of carbonyl (C=O) groups excluding carboxylic acids is 1. The average molecular weight is 471 g/mol. The fourth-order valence-electron chi connectivity index (χ4n) is 4.04. The summed E-state index contributed by atoms with van der Waals surface area (Å²) in [7, 11) is 3.25. The molecule has 0 aliphatic carbocycles. The number of carbonyl (C=O) groups is 1. The minimum atomic E-state index is -0.615. The number of hydrogen-bond acceptors (Lipinski definition) is 6. The number of morpholine rings is 1. The minimum absolute atomic E-state index is 0.0223. The number of hydrogen-bond donors (Lipinski definition) is 1. The molecule has 0 bridgehead atoms. The van der Waals surface area contributed by atoms with Crippen molar-refractivity contribution >= 4 is 5.91 Å². The molecule has 1 fully saturated rings. The number of ether oxygens (including phenoxy) is 4. The summed E-state index contributed by atoms with van der Waals surface area (Å²) in [6.45, 7) is 11.6. The van der Waals surface area contributed by atoms with Crippen molar-refractivity contribution in [2.75, 3.05) is 47.1 Å². The molecular weight excluding hydrogens is 432 g/mol. The molecule has 0 aromatic heterocycles.